The first kappa shape index (κ1) is 27.6. The molecule has 0 N–H and O–H groups in total. The Bertz CT molecular complexity index is 1230. The number of amides is 2. The summed E-state index contributed by atoms with van der Waals surface area (Å²) in [7, 11) is 1.51. The fourth-order valence-electron chi connectivity index (χ4n) is 3.39. The maximum absolute atomic E-state index is 12.8. The minimum atomic E-state index is -0.646. The second-order valence-electron chi connectivity index (χ2n) is 8.05. The summed E-state index contributed by atoms with van der Waals surface area (Å²) in [5.41, 5.74) is 2.22. The van der Waals surface area contributed by atoms with Crippen molar-refractivity contribution in [1.29, 1.82) is 0 Å². The number of benzene rings is 2. The summed E-state index contributed by atoms with van der Waals surface area (Å²) in [6.45, 7) is 6.98. The molecule has 2 aromatic carbocycles. The van der Waals surface area contributed by atoms with E-state index in [4.69, 9.17) is 37.4 Å². The van der Waals surface area contributed by atoms with Crippen molar-refractivity contribution in [2.24, 2.45) is 0 Å². The third-order valence-electron chi connectivity index (χ3n) is 4.93. The van der Waals surface area contributed by atoms with Crippen LogP contribution in [0.5, 0.6) is 11.5 Å². The number of ether oxygens (including phenoxy) is 3. The summed E-state index contributed by atoms with van der Waals surface area (Å²) in [5.74, 6) is -0.243. The van der Waals surface area contributed by atoms with Gasteiger partial charge in [-0.05, 0) is 73.5 Å². The van der Waals surface area contributed by atoms with Crippen LogP contribution < -0.4 is 9.47 Å². The number of hydrogen-bond acceptors (Lipinski definition) is 7. The number of rotatable bonds is 10. The van der Waals surface area contributed by atoms with E-state index in [0.29, 0.717) is 33.5 Å². The van der Waals surface area contributed by atoms with E-state index in [1.54, 1.807) is 44.2 Å². The lowest BCUT2D eigenvalue weighted by molar-refractivity contribution is -0.149. The van der Waals surface area contributed by atoms with Gasteiger partial charge in [-0.25, -0.2) is 0 Å². The summed E-state index contributed by atoms with van der Waals surface area (Å²) in [5, 5.41) is 0.348. The Morgan fingerprint density at radius 2 is 1.92 bits per heavy atom. The van der Waals surface area contributed by atoms with E-state index in [2.05, 4.69) is 6.58 Å². The molecule has 190 valence electrons. The number of hydrogen-bond donors (Lipinski definition) is 0. The monoisotopic (exact) mass is 549 g/mol. The molecule has 7 nitrogen and oxygen atoms in total. The first-order valence-electron chi connectivity index (χ1n) is 11.0. The van der Waals surface area contributed by atoms with Crippen LogP contribution in [0.15, 0.2) is 47.9 Å². The average molecular weight is 550 g/mol. The maximum atomic E-state index is 12.8. The van der Waals surface area contributed by atoms with E-state index in [-0.39, 0.29) is 17.6 Å². The first-order chi connectivity index (χ1) is 17.1. The Kier molecular flexibility index (Phi) is 9.48. The van der Waals surface area contributed by atoms with Gasteiger partial charge in [-0.15, -0.1) is 6.58 Å². The lowest BCUT2D eigenvalue weighted by atomic mass is 10.0. The van der Waals surface area contributed by atoms with Crippen LogP contribution in [0.1, 0.15) is 30.5 Å². The second-order valence-corrected chi connectivity index (χ2v) is 9.86. The van der Waals surface area contributed by atoms with Crippen LogP contribution in [0, 0.1) is 0 Å². The number of methoxy groups -OCH3 is 1. The molecule has 0 unspecified atom stereocenters. The van der Waals surface area contributed by atoms with Gasteiger partial charge in [-0.3, -0.25) is 19.3 Å². The highest BCUT2D eigenvalue weighted by atomic mass is 35.5. The van der Waals surface area contributed by atoms with Crippen LogP contribution in [0.3, 0.4) is 0 Å². The molecule has 1 aliphatic rings. The molecule has 2 aromatic rings. The molecular formula is C26H25Cl2NO6S. The SMILES string of the molecule is C=CCc1cc(/C=C2/SC(=O)N(CC(=O)OC(C)C)C2=O)cc(OC)c1OCc1ccc(Cl)c(Cl)c1. The van der Waals surface area contributed by atoms with Crippen LogP contribution in [-0.2, 0) is 27.4 Å². The van der Waals surface area contributed by atoms with Crippen molar-refractivity contribution in [3.05, 3.63) is 74.6 Å². The number of nitrogens with zero attached hydrogens (tertiary/aromatic N) is 1. The van der Waals surface area contributed by atoms with Gasteiger partial charge in [0.1, 0.15) is 13.2 Å². The lowest BCUT2D eigenvalue weighted by Gasteiger charge is -2.16. The molecule has 0 atom stereocenters. The molecule has 10 heteroatoms. The standard InChI is InChI=1S/C26H25Cl2NO6S/c1-5-6-18-9-17(12-22-25(31)29(26(32)36-22)13-23(30)35-15(2)3)11-21(33-4)24(18)34-14-16-7-8-19(27)20(28)10-16/h5,7-12,15H,1,6,13-14H2,2-4H3/b22-12+. The largest absolute Gasteiger partial charge is 0.493 e. The Hall–Kier alpha value is -2.94. The van der Waals surface area contributed by atoms with E-state index in [1.165, 1.54) is 7.11 Å². The molecule has 1 aliphatic heterocycles. The fourth-order valence-corrected chi connectivity index (χ4v) is 4.55. The number of carbonyl (C=O) groups excluding carboxylic acids is 3. The first-order valence-corrected chi connectivity index (χ1v) is 12.5. The summed E-state index contributed by atoms with van der Waals surface area (Å²) in [6.07, 6.45) is 3.42. The lowest BCUT2D eigenvalue weighted by Crippen LogP contribution is -2.35. The topological polar surface area (TPSA) is 82.1 Å². The van der Waals surface area contributed by atoms with Crippen LogP contribution in [0.2, 0.25) is 10.0 Å². The predicted molar refractivity (Wildman–Crippen MR) is 142 cm³/mol. The molecule has 1 fully saturated rings. The summed E-state index contributed by atoms with van der Waals surface area (Å²) in [6, 6.07) is 8.77. The number of allylic oxidation sites excluding steroid dienone is 1. The van der Waals surface area contributed by atoms with Crippen molar-refractivity contribution in [1.82, 2.24) is 4.90 Å². The third-order valence-corrected chi connectivity index (χ3v) is 6.58. The highest BCUT2D eigenvalue weighted by molar-refractivity contribution is 8.18. The van der Waals surface area contributed by atoms with Gasteiger partial charge in [-0.1, -0.05) is 35.3 Å². The van der Waals surface area contributed by atoms with E-state index in [0.717, 1.165) is 27.8 Å². The molecule has 0 bridgehead atoms. The molecular weight excluding hydrogens is 525 g/mol. The zero-order chi connectivity index (χ0) is 26.4. The van der Waals surface area contributed by atoms with Gasteiger partial charge in [0.25, 0.3) is 11.1 Å². The number of esters is 1. The third kappa shape index (κ3) is 6.84. The molecule has 0 aliphatic carbocycles. The highest BCUT2D eigenvalue weighted by Gasteiger charge is 2.37. The maximum Gasteiger partial charge on any atom is 0.326 e. The number of imide groups is 1. The van der Waals surface area contributed by atoms with E-state index in [1.807, 2.05) is 12.1 Å². The Morgan fingerprint density at radius 3 is 2.56 bits per heavy atom. The molecule has 1 heterocycles. The van der Waals surface area contributed by atoms with Crippen LogP contribution in [-0.4, -0.2) is 41.8 Å². The Morgan fingerprint density at radius 1 is 1.17 bits per heavy atom. The average Bonchev–Trinajstić information content (AvgIpc) is 3.07. The highest BCUT2D eigenvalue weighted by Crippen LogP contribution is 2.37. The normalized spacial score (nSPS) is 14.5. The van der Waals surface area contributed by atoms with Gasteiger partial charge in [0.05, 0.1) is 28.2 Å². The quantitative estimate of drug-likeness (QED) is 0.195. The molecule has 0 spiro atoms. The van der Waals surface area contributed by atoms with Crippen molar-refractivity contribution < 1.29 is 28.6 Å². The predicted octanol–water partition coefficient (Wildman–Crippen LogP) is 6.30. The van der Waals surface area contributed by atoms with E-state index < -0.39 is 23.7 Å². The Balaban J connectivity index is 1.86. The summed E-state index contributed by atoms with van der Waals surface area (Å²) in [4.78, 5) is 38.2. The van der Waals surface area contributed by atoms with Gasteiger partial charge in [0, 0.05) is 5.56 Å². The van der Waals surface area contributed by atoms with Gasteiger partial charge in [0.2, 0.25) is 0 Å². The molecule has 0 saturated carbocycles. The Labute approximate surface area is 224 Å². The smallest absolute Gasteiger partial charge is 0.326 e. The van der Waals surface area contributed by atoms with Gasteiger partial charge in [-0.2, -0.15) is 0 Å². The molecule has 3 rings (SSSR count). The molecule has 1 saturated heterocycles. The molecule has 2 amide bonds. The van der Waals surface area contributed by atoms with Gasteiger partial charge in [0.15, 0.2) is 11.5 Å². The van der Waals surface area contributed by atoms with Crippen molar-refractivity contribution in [2.75, 3.05) is 13.7 Å². The van der Waals surface area contributed by atoms with Gasteiger partial charge < -0.3 is 14.2 Å². The van der Waals surface area contributed by atoms with E-state index in [9.17, 15) is 14.4 Å². The van der Waals surface area contributed by atoms with Crippen molar-refractivity contribution in [2.45, 2.75) is 33.0 Å². The molecule has 0 radical (unpaired) electrons. The molecule has 36 heavy (non-hydrogen) atoms. The van der Waals surface area contributed by atoms with E-state index >= 15 is 0 Å². The minimum absolute atomic E-state index is 0.188. The number of carbonyl (C=O) groups is 3. The minimum Gasteiger partial charge on any atom is -0.493 e. The summed E-state index contributed by atoms with van der Waals surface area (Å²) >= 11 is 12.9. The zero-order valence-electron chi connectivity index (χ0n) is 20.0. The van der Waals surface area contributed by atoms with Crippen LogP contribution in [0.25, 0.3) is 6.08 Å². The molecule has 0 aromatic heterocycles. The number of halogens is 2. The fraction of sp³-hybridized carbons (Fsp3) is 0.269. The van der Waals surface area contributed by atoms with Crippen molar-refractivity contribution in [3.8, 4) is 11.5 Å². The number of thioether (sulfide) groups is 1. The van der Waals surface area contributed by atoms with Gasteiger partial charge >= 0.3 is 5.97 Å². The summed E-state index contributed by atoms with van der Waals surface area (Å²) < 4.78 is 16.7. The zero-order valence-corrected chi connectivity index (χ0v) is 22.3. The van der Waals surface area contributed by atoms with Crippen LogP contribution in [0.4, 0.5) is 4.79 Å². The second kappa shape index (κ2) is 12.3. The van der Waals surface area contributed by atoms with Crippen molar-refractivity contribution in [3.63, 3.8) is 0 Å². The van der Waals surface area contributed by atoms with Crippen molar-refractivity contribution >= 4 is 58.2 Å². The van der Waals surface area contributed by atoms with Crippen LogP contribution >= 0.6 is 35.0 Å².